The minimum Gasteiger partial charge on any atom is -0.341 e. The van der Waals surface area contributed by atoms with Crippen molar-refractivity contribution in [1.82, 2.24) is 20.1 Å². The number of rotatable bonds is 5. The van der Waals surface area contributed by atoms with Crippen LogP contribution in [-0.4, -0.2) is 58.3 Å². The third kappa shape index (κ3) is 3.04. The number of hydrogen-bond acceptors (Lipinski definition) is 4. The van der Waals surface area contributed by atoms with E-state index in [4.69, 9.17) is 0 Å². The monoisotopic (exact) mass is 316 g/mol. The number of aromatic nitrogens is 1. The summed E-state index contributed by atoms with van der Waals surface area (Å²) in [5, 5.41) is 2.60. The summed E-state index contributed by atoms with van der Waals surface area (Å²) in [6.07, 6.45) is 4.23. The molecule has 1 N–H and O–H groups in total. The van der Waals surface area contributed by atoms with Crippen molar-refractivity contribution in [1.29, 1.82) is 0 Å². The van der Waals surface area contributed by atoms with Crippen LogP contribution in [0.4, 0.5) is 4.79 Å². The lowest BCUT2D eigenvalue weighted by atomic mass is 9.91. The number of imide groups is 1. The number of nitrogens with one attached hydrogen (secondary N) is 1. The molecule has 7 heteroatoms. The first-order valence-corrected chi connectivity index (χ1v) is 7.89. The van der Waals surface area contributed by atoms with Gasteiger partial charge < -0.3 is 10.2 Å². The molecular formula is C16H20N4O3. The molecule has 2 aliphatic rings. The second kappa shape index (κ2) is 6.36. The molecule has 0 radical (unpaired) electrons. The molecule has 7 nitrogen and oxygen atoms in total. The van der Waals surface area contributed by atoms with E-state index in [1.165, 1.54) is 10.5 Å². The molecule has 0 bridgehead atoms. The third-order valence-electron chi connectivity index (χ3n) is 4.34. The van der Waals surface area contributed by atoms with Gasteiger partial charge in [-0.2, -0.15) is 0 Å². The highest BCUT2D eigenvalue weighted by Gasteiger charge is 2.40. The van der Waals surface area contributed by atoms with E-state index in [2.05, 4.69) is 10.3 Å². The maximum atomic E-state index is 12.3. The summed E-state index contributed by atoms with van der Waals surface area (Å²) in [6.45, 7) is 3.59. The lowest BCUT2D eigenvalue weighted by molar-refractivity contribution is -0.139. The molecule has 2 aliphatic heterocycles. The van der Waals surface area contributed by atoms with Crippen molar-refractivity contribution in [2.24, 2.45) is 0 Å². The van der Waals surface area contributed by atoms with Crippen LogP contribution < -0.4 is 5.32 Å². The summed E-state index contributed by atoms with van der Waals surface area (Å²) in [5.74, 6) is -0.0591. The number of amides is 4. The smallest absolute Gasteiger partial charge is 0.324 e. The first-order chi connectivity index (χ1) is 11.1. The number of hydrogen-bond donors (Lipinski definition) is 1. The Labute approximate surface area is 134 Å². The van der Waals surface area contributed by atoms with Crippen LogP contribution in [0, 0.1) is 0 Å². The molecular weight excluding hydrogens is 296 g/mol. The Hall–Kier alpha value is -2.44. The SMILES string of the molecule is CCCN1C(=O)N[C@@H](CC(=O)N2CC(c3ccncc3)C2)C1=O. The number of carbonyl (C=O) groups is 3. The highest BCUT2D eigenvalue weighted by atomic mass is 16.2. The van der Waals surface area contributed by atoms with E-state index in [0.29, 0.717) is 32.0 Å². The molecule has 23 heavy (non-hydrogen) atoms. The summed E-state index contributed by atoms with van der Waals surface area (Å²) in [6, 6.07) is 2.79. The maximum absolute atomic E-state index is 12.3. The van der Waals surface area contributed by atoms with E-state index in [1.54, 1.807) is 17.3 Å². The van der Waals surface area contributed by atoms with E-state index in [-0.39, 0.29) is 18.2 Å². The largest absolute Gasteiger partial charge is 0.341 e. The molecule has 0 aliphatic carbocycles. The summed E-state index contributed by atoms with van der Waals surface area (Å²) in [4.78, 5) is 43.0. The fraction of sp³-hybridized carbons (Fsp3) is 0.500. The van der Waals surface area contributed by atoms with Crippen molar-refractivity contribution in [2.75, 3.05) is 19.6 Å². The standard InChI is InChI=1S/C16H20N4O3/c1-2-7-20-15(22)13(18-16(20)23)8-14(21)19-9-12(10-19)11-3-5-17-6-4-11/h3-6,12-13H,2,7-10H2,1H3,(H,18,23)/t13-/m0/s1. The zero-order chi connectivity index (χ0) is 16.4. The van der Waals surface area contributed by atoms with Crippen molar-refractivity contribution in [2.45, 2.75) is 31.7 Å². The van der Waals surface area contributed by atoms with Crippen LogP contribution in [0.1, 0.15) is 31.2 Å². The van der Waals surface area contributed by atoms with E-state index < -0.39 is 12.1 Å². The van der Waals surface area contributed by atoms with Crippen LogP contribution in [0.3, 0.4) is 0 Å². The van der Waals surface area contributed by atoms with Gasteiger partial charge >= 0.3 is 6.03 Å². The van der Waals surface area contributed by atoms with Gasteiger partial charge in [-0.3, -0.25) is 19.5 Å². The molecule has 122 valence electrons. The number of carbonyl (C=O) groups excluding carboxylic acids is 3. The summed E-state index contributed by atoms with van der Waals surface area (Å²) >= 11 is 0. The number of nitrogens with zero attached hydrogens (tertiary/aromatic N) is 3. The van der Waals surface area contributed by atoms with E-state index in [1.807, 2.05) is 19.1 Å². The Morgan fingerprint density at radius 2 is 2.00 bits per heavy atom. The van der Waals surface area contributed by atoms with Crippen molar-refractivity contribution < 1.29 is 14.4 Å². The second-order valence-corrected chi connectivity index (χ2v) is 5.97. The normalized spacial score (nSPS) is 21.3. The van der Waals surface area contributed by atoms with Crippen molar-refractivity contribution in [3.63, 3.8) is 0 Å². The summed E-state index contributed by atoms with van der Waals surface area (Å²) in [7, 11) is 0. The Morgan fingerprint density at radius 1 is 1.30 bits per heavy atom. The number of likely N-dealkylation sites (tertiary alicyclic amines) is 1. The molecule has 0 aromatic carbocycles. The van der Waals surface area contributed by atoms with Gasteiger partial charge in [-0.15, -0.1) is 0 Å². The van der Waals surface area contributed by atoms with Gasteiger partial charge in [-0.05, 0) is 24.1 Å². The molecule has 4 amide bonds. The Kier molecular flexibility index (Phi) is 4.27. The van der Waals surface area contributed by atoms with E-state index in [0.717, 1.165) is 0 Å². The molecule has 1 aromatic heterocycles. The lowest BCUT2D eigenvalue weighted by Crippen LogP contribution is -2.50. The maximum Gasteiger partial charge on any atom is 0.324 e. The molecule has 0 unspecified atom stereocenters. The first-order valence-electron chi connectivity index (χ1n) is 7.89. The lowest BCUT2D eigenvalue weighted by Gasteiger charge is -2.40. The van der Waals surface area contributed by atoms with Crippen LogP contribution in [0.25, 0.3) is 0 Å². The minimum atomic E-state index is -0.721. The van der Waals surface area contributed by atoms with Crippen molar-refractivity contribution >= 4 is 17.8 Å². The molecule has 1 aromatic rings. The van der Waals surface area contributed by atoms with Gasteiger partial charge in [0.25, 0.3) is 5.91 Å². The minimum absolute atomic E-state index is 0.0356. The quantitative estimate of drug-likeness (QED) is 0.812. The van der Waals surface area contributed by atoms with Crippen LogP contribution in [0.15, 0.2) is 24.5 Å². The van der Waals surface area contributed by atoms with Gasteiger partial charge in [0.1, 0.15) is 6.04 Å². The second-order valence-electron chi connectivity index (χ2n) is 5.97. The van der Waals surface area contributed by atoms with Gasteiger partial charge in [0.05, 0.1) is 6.42 Å². The molecule has 2 saturated heterocycles. The van der Waals surface area contributed by atoms with Gasteiger partial charge in [0.15, 0.2) is 0 Å². The number of urea groups is 1. The molecule has 2 fully saturated rings. The van der Waals surface area contributed by atoms with Gasteiger partial charge in [0, 0.05) is 37.9 Å². The van der Waals surface area contributed by atoms with Crippen LogP contribution in [0.2, 0.25) is 0 Å². The van der Waals surface area contributed by atoms with Gasteiger partial charge in [0.2, 0.25) is 5.91 Å². The van der Waals surface area contributed by atoms with Crippen LogP contribution in [-0.2, 0) is 9.59 Å². The topological polar surface area (TPSA) is 82.6 Å². The molecule has 0 saturated carbocycles. The number of pyridine rings is 1. The van der Waals surface area contributed by atoms with Gasteiger partial charge in [-0.1, -0.05) is 6.92 Å². The van der Waals surface area contributed by atoms with Crippen LogP contribution >= 0.6 is 0 Å². The predicted octanol–water partition coefficient (Wildman–Crippen LogP) is 0.728. The van der Waals surface area contributed by atoms with Gasteiger partial charge in [-0.25, -0.2) is 4.79 Å². The Morgan fingerprint density at radius 3 is 2.65 bits per heavy atom. The fourth-order valence-corrected chi connectivity index (χ4v) is 2.98. The molecule has 3 heterocycles. The average Bonchev–Trinajstić information content (AvgIpc) is 2.75. The molecule has 1 atom stereocenters. The zero-order valence-corrected chi connectivity index (χ0v) is 13.1. The summed E-state index contributed by atoms with van der Waals surface area (Å²) in [5.41, 5.74) is 1.17. The van der Waals surface area contributed by atoms with Crippen LogP contribution in [0.5, 0.6) is 0 Å². The predicted molar refractivity (Wildman–Crippen MR) is 82.5 cm³/mol. The Balaban J connectivity index is 1.51. The molecule has 3 rings (SSSR count). The highest BCUT2D eigenvalue weighted by Crippen LogP contribution is 2.27. The average molecular weight is 316 g/mol. The summed E-state index contributed by atoms with van der Waals surface area (Å²) < 4.78 is 0. The van der Waals surface area contributed by atoms with Crippen molar-refractivity contribution in [3.8, 4) is 0 Å². The van der Waals surface area contributed by atoms with E-state index in [9.17, 15) is 14.4 Å². The highest BCUT2D eigenvalue weighted by molar-refractivity contribution is 6.05. The third-order valence-corrected chi connectivity index (χ3v) is 4.34. The van der Waals surface area contributed by atoms with Crippen molar-refractivity contribution in [3.05, 3.63) is 30.1 Å². The van der Waals surface area contributed by atoms with E-state index >= 15 is 0 Å². The zero-order valence-electron chi connectivity index (χ0n) is 13.1. The first kappa shape index (κ1) is 15.5. The molecule has 0 spiro atoms. The Bertz CT molecular complexity index is 613. The fourth-order valence-electron chi connectivity index (χ4n) is 2.98.